The first-order valence-electron chi connectivity index (χ1n) is 9.05. The topological polar surface area (TPSA) is 56.5 Å². The molecular weight excluding hydrogens is 462 g/mol. The van der Waals surface area contributed by atoms with Gasteiger partial charge in [0.2, 0.25) is 0 Å². The summed E-state index contributed by atoms with van der Waals surface area (Å²) in [5, 5.41) is 7.96. The molecule has 160 valence electrons. The molecule has 2 aliphatic heterocycles. The van der Waals surface area contributed by atoms with Crippen LogP contribution in [0.1, 0.15) is 34.5 Å². The fourth-order valence-electron chi connectivity index (χ4n) is 3.44. The lowest BCUT2D eigenvalue weighted by Crippen LogP contribution is -2.43. The van der Waals surface area contributed by atoms with Gasteiger partial charge < -0.3 is 4.84 Å². The van der Waals surface area contributed by atoms with Crippen LogP contribution < -0.4 is 0 Å². The Balaban J connectivity index is 1.63. The van der Waals surface area contributed by atoms with E-state index in [1.807, 2.05) is 0 Å². The van der Waals surface area contributed by atoms with Gasteiger partial charge in [-0.15, -0.1) is 0 Å². The molecule has 11 heteroatoms. The summed E-state index contributed by atoms with van der Waals surface area (Å²) in [7, 11) is 0. The van der Waals surface area contributed by atoms with Crippen molar-refractivity contribution in [3.63, 3.8) is 0 Å². The highest BCUT2D eigenvalue weighted by atomic mass is 35.5. The second-order valence-electron chi connectivity index (χ2n) is 7.36. The zero-order valence-electron chi connectivity index (χ0n) is 15.7. The third-order valence-electron chi connectivity index (χ3n) is 5.15. The largest absolute Gasteiger partial charge is 0.435 e. The molecule has 0 amide bonds. The molecule has 3 heterocycles. The minimum Gasteiger partial charge on any atom is -0.372 e. The molecule has 30 heavy (non-hydrogen) atoms. The molecule has 0 saturated carbocycles. The SMILES string of the molecule is Cc1nn(C2=NOC(c3cc(Cl)cc(Cl)c3)(C(F)(F)F)C2)cc1C(=O)CC1CSC1. The predicted octanol–water partition coefficient (Wildman–Crippen LogP) is 5.47. The average molecular weight is 478 g/mol. The van der Waals surface area contributed by atoms with E-state index in [9.17, 15) is 18.0 Å². The maximum Gasteiger partial charge on any atom is 0.435 e. The van der Waals surface area contributed by atoms with E-state index in [1.165, 1.54) is 16.9 Å². The second-order valence-corrected chi connectivity index (χ2v) is 9.31. The molecule has 2 aliphatic rings. The number of halogens is 5. The molecule has 1 saturated heterocycles. The molecule has 2 aromatic rings. The minimum absolute atomic E-state index is 0.0511. The van der Waals surface area contributed by atoms with E-state index in [4.69, 9.17) is 28.0 Å². The summed E-state index contributed by atoms with van der Waals surface area (Å²) in [6, 6.07) is 3.64. The Morgan fingerprint density at radius 2 is 1.97 bits per heavy atom. The fraction of sp³-hybridized carbons (Fsp3) is 0.421. The zero-order chi connectivity index (χ0) is 21.7. The first-order valence-corrected chi connectivity index (χ1v) is 11.0. The number of nitrogens with zero attached hydrogens (tertiary/aromatic N) is 3. The van der Waals surface area contributed by atoms with E-state index < -0.39 is 18.2 Å². The van der Waals surface area contributed by atoms with Gasteiger partial charge in [-0.3, -0.25) is 4.79 Å². The van der Waals surface area contributed by atoms with Crippen molar-refractivity contribution in [1.29, 1.82) is 0 Å². The second kappa shape index (κ2) is 7.76. The summed E-state index contributed by atoms with van der Waals surface area (Å²) in [6.07, 6.45) is -3.62. The third kappa shape index (κ3) is 3.83. The van der Waals surface area contributed by atoms with Crippen LogP contribution in [0.5, 0.6) is 0 Å². The zero-order valence-corrected chi connectivity index (χ0v) is 18.0. The number of hydrogen-bond acceptors (Lipinski definition) is 5. The molecule has 1 aromatic heterocycles. The van der Waals surface area contributed by atoms with E-state index >= 15 is 0 Å². The van der Waals surface area contributed by atoms with Gasteiger partial charge >= 0.3 is 6.18 Å². The summed E-state index contributed by atoms with van der Waals surface area (Å²) >= 11 is 13.6. The Morgan fingerprint density at radius 1 is 1.30 bits per heavy atom. The third-order valence-corrected chi connectivity index (χ3v) is 7.00. The Kier molecular flexibility index (Phi) is 5.57. The van der Waals surface area contributed by atoms with Crippen molar-refractivity contribution in [2.24, 2.45) is 11.1 Å². The van der Waals surface area contributed by atoms with E-state index in [1.54, 1.807) is 18.7 Å². The number of aryl methyl sites for hydroxylation is 1. The Labute approximate surface area is 184 Å². The highest BCUT2D eigenvalue weighted by Gasteiger charge is 2.62. The van der Waals surface area contributed by atoms with Crippen LogP contribution in [0.3, 0.4) is 0 Å². The number of carbonyl (C=O) groups is 1. The lowest BCUT2D eigenvalue weighted by Gasteiger charge is -2.29. The molecule has 1 atom stereocenters. The van der Waals surface area contributed by atoms with Crippen LogP contribution in [0.15, 0.2) is 29.6 Å². The molecule has 1 unspecified atom stereocenters. The molecule has 4 rings (SSSR count). The Morgan fingerprint density at radius 3 is 2.53 bits per heavy atom. The summed E-state index contributed by atoms with van der Waals surface area (Å²) in [5.74, 6) is 2.07. The normalized spacial score (nSPS) is 21.9. The number of thioether (sulfide) groups is 1. The average Bonchev–Trinajstić information content (AvgIpc) is 3.21. The highest BCUT2D eigenvalue weighted by Crippen LogP contribution is 2.49. The molecule has 1 fully saturated rings. The lowest BCUT2D eigenvalue weighted by molar-refractivity contribution is -0.275. The van der Waals surface area contributed by atoms with E-state index in [-0.39, 0.29) is 27.2 Å². The van der Waals surface area contributed by atoms with Gasteiger partial charge in [-0.25, -0.2) is 4.68 Å². The summed E-state index contributed by atoms with van der Waals surface area (Å²) in [4.78, 5) is 17.5. The van der Waals surface area contributed by atoms with Crippen molar-refractivity contribution in [1.82, 2.24) is 9.78 Å². The smallest absolute Gasteiger partial charge is 0.372 e. The quantitative estimate of drug-likeness (QED) is 0.547. The number of carbonyl (C=O) groups excluding carboxylic acids is 1. The van der Waals surface area contributed by atoms with Gasteiger partial charge in [-0.2, -0.15) is 30.0 Å². The van der Waals surface area contributed by atoms with Crippen LogP contribution in [-0.2, 0) is 10.4 Å². The first-order chi connectivity index (χ1) is 14.1. The molecule has 5 nitrogen and oxygen atoms in total. The molecule has 0 spiro atoms. The fourth-order valence-corrected chi connectivity index (χ4v) is 4.77. The molecule has 0 N–H and O–H groups in total. The number of rotatable bonds is 4. The van der Waals surface area contributed by atoms with Gasteiger partial charge in [-0.05, 0) is 42.5 Å². The van der Waals surface area contributed by atoms with Crippen molar-refractivity contribution >= 4 is 46.6 Å². The number of ketones is 1. The predicted molar refractivity (Wildman–Crippen MR) is 109 cm³/mol. The first kappa shape index (κ1) is 21.5. The number of hydrogen-bond donors (Lipinski definition) is 0. The molecular formula is C19H16Cl2F3N3O2S. The van der Waals surface area contributed by atoms with Gasteiger partial charge in [0.05, 0.1) is 17.7 Å². The lowest BCUT2D eigenvalue weighted by atomic mass is 9.89. The number of oxime groups is 1. The molecule has 0 bridgehead atoms. The number of Topliss-reactive ketones (excluding diaryl/α,β-unsaturated/α-hetero) is 1. The van der Waals surface area contributed by atoms with Crippen LogP contribution >= 0.6 is 35.0 Å². The van der Waals surface area contributed by atoms with E-state index in [2.05, 4.69) is 10.3 Å². The monoisotopic (exact) mass is 477 g/mol. The number of aromatic nitrogens is 2. The van der Waals surface area contributed by atoms with Crippen LogP contribution in [0.4, 0.5) is 13.2 Å². The standard InChI is InChI=1S/C19H16Cl2F3N3O2S/c1-10-15(16(28)2-11-8-30-9-11)7-27(25-10)17-6-18(29-26-17,19(22,23)24)12-3-13(20)5-14(21)4-12/h3-5,7,11H,2,6,8-9H2,1H3. The van der Waals surface area contributed by atoms with Crippen molar-refractivity contribution in [2.45, 2.75) is 31.5 Å². The minimum atomic E-state index is -4.80. The maximum absolute atomic E-state index is 14.1. The summed E-state index contributed by atoms with van der Waals surface area (Å²) < 4.78 is 43.4. The van der Waals surface area contributed by atoms with Gasteiger partial charge in [-0.1, -0.05) is 28.4 Å². The number of alkyl halides is 3. The number of benzene rings is 1. The summed E-state index contributed by atoms with van der Waals surface area (Å²) in [5.41, 5.74) is -2.19. The molecule has 0 aliphatic carbocycles. The Hall–Kier alpha value is -1.71. The van der Waals surface area contributed by atoms with Crippen molar-refractivity contribution in [3.8, 4) is 0 Å². The van der Waals surface area contributed by atoms with Crippen LogP contribution in [0.25, 0.3) is 0 Å². The van der Waals surface area contributed by atoms with Gasteiger partial charge in [0, 0.05) is 28.2 Å². The Bertz CT molecular complexity index is 1020. The molecule has 0 radical (unpaired) electrons. The maximum atomic E-state index is 14.1. The van der Waals surface area contributed by atoms with Gasteiger partial charge in [0.15, 0.2) is 11.6 Å². The van der Waals surface area contributed by atoms with Gasteiger partial charge in [0.25, 0.3) is 5.60 Å². The van der Waals surface area contributed by atoms with Crippen molar-refractivity contribution < 1.29 is 22.8 Å². The van der Waals surface area contributed by atoms with Crippen LogP contribution in [0, 0.1) is 12.8 Å². The summed E-state index contributed by atoms with van der Waals surface area (Å²) in [6.45, 7) is 1.64. The van der Waals surface area contributed by atoms with Crippen molar-refractivity contribution in [2.75, 3.05) is 11.5 Å². The van der Waals surface area contributed by atoms with Crippen LogP contribution in [-0.4, -0.2) is 39.1 Å². The highest BCUT2D eigenvalue weighted by molar-refractivity contribution is 8.00. The van der Waals surface area contributed by atoms with E-state index in [0.717, 1.165) is 23.6 Å². The van der Waals surface area contributed by atoms with Crippen LogP contribution in [0.2, 0.25) is 10.0 Å². The molecule has 1 aromatic carbocycles. The van der Waals surface area contributed by atoms with E-state index in [0.29, 0.717) is 23.6 Å². The van der Waals surface area contributed by atoms with Gasteiger partial charge in [0.1, 0.15) is 0 Å². The van der Waals surface area contributed by atoms with Crippen molar-refractivity contribution in [3.05, 3.63) is 51.3 Å².